The Morgan fingerprint density at radius 1 is 1.38 bits per heavy atom. The summed E-state index contributed by atoms with van der Waals surface area (Å²) >= 11 is 0. The van der Waals surface area contributed by atoms with Gasteiger partial charge in [-0.2, -0.15) is 0 Å². The lowest BCUT2D eigenvalue weighted by Gasteiger charge is -2.44. The highest BCUT2D eigenvalue weighted by Gasteiger charge is 2.36. The lowest BCUT2D eigenvalue weighted by atomic mass is 9.69. The lowest BCUT2D eigenvalue weighted by Crippen LogP contribution is -2.48. The van der Waals surface area contributed by atoms with E-state index in [9.17, 15) is 0 Å². The van der Waals surface area contributed by atoms with E-state index in [0.717, 1.165) is 31.5 Å². The molecule has 0 radical (unpaired) electrons. The molecule has 0 aliphatic heterocycles. The fourth-order valence-corrected chi connectivity index (χ4v) is 3.97. The van der Waals surface area contributed by atoms with Crippen molar-refractivity contribution in [3.05, 3.63) is 0 Å². The molecule has 0 aromatic rings. The molecule has 0 aromatic carbocycles. The summed E-state index contributed by atoms with van der Waals surface area (Å²) in [5, 5.41) is 3.64. The first-order chi connectivity index (χ1) is 10.0. The minimum absolute atomic E-state index is 0.469. The van der Waals surface area contributed by atoms with Gasteiger partial charge in [0.05, 0.1) is 6.61 Å². The molecule has 1 fully saturated rings. The number of hydrogen-bond donors (Lipinski definition) is 1. The summed E-state index contributed by atoms with van der Waals surface area (Å²) in [6.07, 6.45) is 5.57. The zero-order chi connectivity index (χ0) is 15.7. The summed E-state index contributed by atoms with van der Waals surface area (Å²) in [7, 11) is 1.81. The van der Waals surface area contributed by atoms with Gasteiger partial charge >= 0.3 is 0 Å². The standard InChI is InChI=1S/C18H38N2O/c1-6-19-14-18(9-7-8-17(4)12-18)15-20(10-11-21-5)13-16(2)3/h16-17,19H,6-15H2,1-5H3. The van der Waals surface area contributed by atoms with Crippen molar-refractivity contribution in [2.45, 2.75) is 53.4 Å². The molecule has 0 bridgehead atoms. The van der Waals surface area contributed by atoms with Crippen LogP contribution in [0.15, 0.2) is 0 Å². The van der Waals surface area contributed by atoms with Gasteiger partial charge in [0.15, 0.2) is 0 Å². The molecule has 0 spiro atoms. The first-order valence-corrected chi connectivity index (χ1v) is 8.93. The number of ether oxygens (including phenoxy) is 1. The minimum Gasteiger partial charge on any atom is -0.383 e. The van der Waals surface area contributed by atoms with Crippen LogP contribution < -0.4 is 5.32 Å². The number of methoxy groups -OCH3 is 1. The fraction of sp³-hybridized carbons (Fsp3) is 1.00. The van der Waals surface area contributed by atoms with Gasteiger partial charge in [0, 0.05) is 33.3 Å². The van der Waals surface area contributed by atoms with Crippen molar-refractivity contribution in [1.82, 2.24) is 10.2 Å². The highest BCUT2D eigenvalue weighted by Crippen LogP contribution is 2.39. The van der Waals surface area contributed by atoms with Crippen molar-refractivity contribution < 1.29 is 4.74 Å². The topological polar surface area (TPSA) is 24.5 Å². The fourth-order valence-electron chi connectivity index (χ4n) is 3.97. The molecule has 1 aliphatic carbocycles. The number of nitrogens with one attached hydrogen (secondary N) is 1. The molecule has 3 nitrogen and oxygen atoms in total. The van der Waals surface area contributed by atoms with Gasteiger partial charge in [0.25, 0.3) is 0 Å². The number of nitrogens with zero attached hydrogens (tertiary/aromatic N) is 1. The molecule has 0 saturated heterocycles. The van der Waals surface area contributed by atoms with Gasteiger partial charge in [-0.05, 0) is 36.6 Å². The van der Waals surface area contributed by atoms with Crippen molar-refractivity contribution in [3.63, 3.8) is 0 Å². The van der Waals surface area contributed by atoms with Crippen molar-refractivity contribution in [2.24, 2.45) is 17.3 Å². The van der Waals surface area contributed by atoms with Gasteiger partial charge in [-0.25, -0.2) is 0 Å². The molecule has 1 N–H and O–H groups in total. The van der Waals surface area contributed by atoms with E-state index < -0.39 is 0 Å². The molecule has 126 valence electrons. The third-order valence-corrected chi connectivity index (χ3v) is 4.73. The predicted octanol–water partition coefficient (Wildman–Crippen LogP) is 3.40. The Kier molecular flexibility index (Phi) is 8.84. The van der Waals surface area contributed by atoms with E-state index >= 15 is 0 Å². The van der Waals surface area contributed by atoms with Crippen molar-refractivity contribution in [2.75, 3.05) is 46.4 Å². The zero-order valence-corrected chi connectivity index (χ0v) is 15.1. The van der Waals surface area contributed by atoms with E-state index in [2.05, 4.69) is 37.9 Å². The van der Waals surface area contributed by atoms with E-state index in [4.69, 9.17) is 4.74 Å². The Balaban J connectivity index is 2.69. The van der Waals surface area contributed by atoms with Crippen molar-refractivity contribution >= 4 is 0 Å². The van der Waals surface area contributed by atoms with E-state index in [0.29, 0.717) is 5.41 Å². The molecule has 1 saturated carbocycles. The molecule has 2 atom stereocenters. The Bertz CT molecular complexity index is 270. The maximum Gasteiger partial charge on any atom is 0.0589 e. The molecule has 0 heterocycles. The van der Waals surface area contributed by atoms with Crippen LogP contribution in [-0.4, -0.2) is 51.3 Å². The van der Waals surface area contributed by atoms with Crippen LogP contribution in [0.1, 0.15) is 53.4 Å². The van der Waals surface area contributed by atoms with Crippen LogP contribution in [0.2, 0.25) is 0 Å². The quantitative estimate of drug-likeness (QED) is 0.669. The molecule has 3 heteroatoms. The normalized spacial score (nSPS) is 26.7. The van der Waals surface area contributed by atoms with Crippen molar-refractivity contribution in [1.29, 1.82) is 0 Å². The molecule has 2 unspecified atom stereocenters. The lowest BCUT2D eigenvalue weighted by molar-refractivity contribution is 0.0581. The molecular weight excluding hydrogens is 260 g/mol. The maximum absolute atomic E-state index is 5.32. The highest BCUT2D eigenvalue weighted by molar-refractivity contribution is 4.90. The smallest absolute Gasteiger partial charge is 0.0589 e. The molecular formula is C18H38N2O. The van der Waals surface area contributed by atoms with Crippen LogP contribution in [-0.2, 0) is 4.74 Å². The third kappa shape index (κ3) is 7.12. The van der Waals surface area contributed by atoms with Gasteiger partial charge in [-0.15, -0.1) is 0 Å². The van der Waals surface area contributed by atoms with Gasteiger partial charge in [-0.3, -0.25) is 0 Å². The van der Waals surface area contributed by atoms with Crippen LogP contribution in [0.4, 0.5) is 0 Å². The average Bonchev–Trinajstić information content (AvgIpc) is 2.42. The summed E-state index contributed by atoms with van der Waals surface area (Å²) in [5.74, 6) is 1.60. The third-order valence-electron chi connectivity index (χ3n) is 4.73. The SMILES string of the molecule is CCNCC1(CN(CCOC)CC(C)C)CCCC(C)C1. The summed E-state index contributed by atoms with van der Waals surface area (Å²) in [6, 6.07) is 0. The van der Waals surface area contributed by atoms with Crippen LogP contribution >= 0.6 is 0 Å². The van der Waals surface area contributed by atoms with E-state index in [1.54, 1.807) is 0 Å². The minimum atomic E-state index is 0.469. The number of hydrogen-bond acceptors (Lipinski definition) is 3. The highest BCUT2D eigenvalue weighted by atomic mass is 16.5. The van der Waals surface area contributed by atoms with Crippen LogP contribution in [0.5, 0.6) is 0 Å². The summed E-state index contributed by atoms with van der Waals surface area (Å²) in [6.45, 7) is 15.9. The Morgan fingerprint density at radius 2 is 2.14 bits per heavy atom. The molecule has 1 aliphatic rings. The van der Waals surface area contributed by atoms with Gasteiger partial charge in [-0.1, -0.05) is 40.5 Å². The first kappa shape index (κ1) is 18.9. The second kappa shape index (κ2) is 9.81. The number of rotatable bonds is 10. The Morgan fingerprint density at radius 3 is 2.71 bits per heavy atom. The van der Waals surface area contributed by atoms with Gasteiger partial charge in [0.2, 0.25) is 0 Å². The van der Waals surface area contributed by atoms with Crippen LogP contribution in [0, 0.1) is 17.3 Å². The first-order valence-electron chi connectivity index (χ1n) is 8.93. The summed E-state index contributed by atoms with van der Waals surface area (Å²) in [4.78, 5) is 2.64. The monoisotopic (exact) mass is 298 g/mol. The maximum atomic E-state index is 5.32. The van der Waals surface area contributed by atoms with Crippen LogP contribution in [0.3, 0.4) is 0 Å². The van der Waals surface area contributed by atoms with Gasteiger partial charge < -0.3 is 15.0 Å². The second-order valence-electron chi connectivity index (χ2n) is 7.60. The van der Waals surface area contributed by atoms with E-state index in [1.807, 2.05) is 7.11 Å². The van der Waals surface area contributed by atoms with E-state index in [-0.39, 0.29) is 0 Å². The molecule has 1 rings (SSSR count). The Hall–Kier alpha value is -0.120. The van der Waals surface area contributed by atoms with Crippen molar-refractivity contribution in [3.8, 4) is 0 Å². The largest absolute Gasteiger partial charge is 0.383 e. The summed E-state index contributed by atoms with van der Waals surface area (Å²) < 4.78 is 5.32. The average molecular weight is 299 g/mol. The second-order valence-corrected chi connectivity index (χ2v) is 7.60. The zero-order valence-electron chi connectivity index (χ0n) is 15.1. The van der Waals surface area contributed by atoms with Gasteiger partial charge in [0.1, 0.15) is 0 Å². The molecule has 21 heavy (non-hydrogen) atoms. The summed E-state index contributed by atoms with van der Waals surface area (Å²) in [5.41, 5.74) is 0.469. The van der Waals surface area contributed by atoms with Crippen LogP contribution in [0.25, 0.3) is 0 Å². The molecule has 0 aromatic heterocycles. The predicted molar refractivity (Wildman–Crippen MR) is 91.8 cm³/mol. The Labute approximate surface area is 132 Å². The molecule has 0 amide bonds. The van der Waals surface area contributed by atoms with E-state index in [1.165, 1.54) is 45.3 Å².